The normalized spacial score (nSPS) is 19.7. The highest BCUT2D eigenvalue weighted by atomic mass is 32.2. The van der Waals surface area contributed by atoms with Crippen LogP contribution in [0.5, 0.6) is 5.75 Å². The van der Waals surface area contributed by atoms with Crippen molar-refractivity contribution in [1.82, 2.24) is 9.79 Å². The van der Waals surface area contributed by atoms with E-state index in [0.29, 0.717) is 11.5 Å². The maximum Gasteiger partial charge on any atom is 0.263 e. The molecule has 3 N–H and O–H groups in total. The lowest BCUT2D eigenvalue weighted by molar-refractivity contribution is -0.134. The van der Waals surface area contributed by atoms with Crippen LogP contribution in [0, 0.1) is 11.8 Å². The molecule has 1 saturated heterocycles. The van der Waals surface area contributed by atoms with Crippen molar-refractivity contribution in [3.05, 3.63) is 24.3 Å². The van der Waals surface area contributed by atoms with E-state index in [1.54, 1.807) is 33.2 Å². The van der Waals surface area contributed by atoms with Gasteiger partial charge in [0.2, 0.25) is 10.0 Å². The summed E-state index contributed by atoms with van der Waals surface area (Å²) in [5.74, 6) is 5.49. The molecular formula is C19H26N2O6S2. The van der Waals surface area contributed by atoms with Crippen LogP contribution in [0.4, 0.5) is 0 Å². The number of rotatable bonds is 5. The van der Waals surface area contributed by atoms with E-state index < -0.39 is 32.3 Å². The number of carbonyl (C=O) groups excluding carboxylic acids is 1. The maximum atomic E-state index is 13.2. The van der Waals surface area contributed by atoms with Gasteiger partial charge in [-0.2, -0.15) is 16.1 Å². The molecule has 1 aliphatic heterocycles. The predicted octanol–water partition coefficient (Wildman–Crippen LogP) is 1.23. The fourth-order valence-electron chi connectivity index (χ4n) is 2.94. The van der Waals surface area contributed by atoms with Gasteiger partial charge in [0, 0.05) is 17.0 Å². The van der Waals surface area contributed by atoms with Crippen molar-refractivity contribution in [3.8, 4) is 17.6 Å². The topological polar surface area (TPSA) is 116 Å². The lowest BCUT2D eigenvalue weighted by Crippen LogP contribution is -2.61. The van der Waals surface area contributed by atoms with Gasteiger partial charge >= 0.3 is 0 Å². The number of ether oxygens (including phenoxy) is 1. The molecule has 1 unspecified atom stereocenters. The van der Waals surface area contributed by atoms with E-state index in [1.807, 2.05) is 0 Å². The molecule has 1 amide bonds. The Balaban J connectivity index is 2.21. The van der Waals surface area contributed by atoms with Crippen LogP contribution in [0.15, 0.2) is 29.2 Å². The third-order valence-corrected chi connectivity index (χ3v) is 7.46. The zero-order valence-corrected chi connectivity index (χ0v) is 18.4. The highest BCUT2D eigenvalue weighted by molar-refractivity contribution is 8.00. The number of carbonyl (C=O) groups is 1. The fourth-order valence-corrected chi connectivity index (χ4v) is 6.04. The second-order valence-electron chi connectivity index (χ2n) is 7.57. The minimum Gasteiger partial charge on any atom is -0.481 e. The monoisotopic (exact) mass is 442 g/mol. The van der Waals surface area contributed by atoms with Crippen LogP contribution >= 0.6 is 11.8 Å². The summed E-state index contributed by atoms with van der Waals surface area (Å²) >= 11 is 1.47. The SMILES string of the molecule is CC(C)(O)C#CCOc1ccc(S(=O)(=O)N2CCSC(C)(C)C2C(=O)NO)cc1. The summed E-state index contributed by atoms with van der Waals surface area (Å²) in [7, 11) is -3.97. The zero-order valence-electron chi connectivity index (χ0n) is 16.8. The van der Waals surface area contributed by atoms with Gasteiger partial charge < -0.3 is 9.84 Å². The molecule has 10 heteroatoms. The van der Waals surface area contributed by atoms with E-state index in [0.717, 1.165) is 4.31 Å². The number of thioether (sulfide) groups is 1. The molecule has 160 valence electrons. The van der Waals surface area contributed by atoms with Crippen LogP contribution in [0.2, 0.25) is 0 Å². The van der Waals surface area contributed by atoms with Crippen molar-refractivity contribution in [2.24, 2.45) is 0 Å². The van der Waals surface area contributed by atoms with Crippen molar-refractivity contribution in [2.75, 3.05) is 18.9 Å². The number of hydroxylamine groups is 1. The molecule has 1 aromatic carbocycles. The second-order valence-corrected chi connectivity index (χ2v) is 11.2. The molecule has 29 heavy (non-hydrogen) atoms. The van der Waals surface area contributed by atoms with Crippen LogP contribution < -0.4 is 10.2 Å². The molecule has 0 aromatic heterocycles. The fraction of sp³-hybridized carbons (Fsp3) is 0.526. The van der Waals surface area contributed by atoms with Gasteiger partial charge in [-0.25, -0.2) is 13.9 Å². The van der Waals surface area contributed by atoms with Crippen molar-refractivity contribution < 1.29 is 28.3 Å². The Morgan fingerprint density at radius 1 is 1.38 bits per heavy atom. The van der Waals surface area contributed by atoms with E-state index in [4.69, 9.17) is 9.94 Å². The summed E-state index contributed by atoms with van der Waals surface area (Å²) in [4.78, 5) is 12.2. The van der Waals surface area contributed by atoms with Crippen molar-refractivity contribution in [2.45, 2.75) is 49.0 Å². The minimum absolute atomic E-state index is 0.0193. The van der Waals surface area contributed by atoms with Crippen LogP contribution in [-0.2, 0) is 14.8 Å². The molecule has 1 aliphatic rings. The Hall–Kier alpha value is -1.77. The second kappa shape index (κ2) is 8.93. The average Bonchev–Trinajstić information content (AvgIpc) is 2.63. The van der Waals surface area contributed by atoms with Crippen LogP contribution in [0.3, 0.4) is 0 Å². The van der Waals surface area contributed by atoms with E-state index in [9.17, 15) is 18.3 Å². The highest BCUT2D eigenvalue weighted by Gasteiger charge is 2.48. The average molecular weight is 443 g/mol. The van der Waals surface area contributed by atoms with Gasteiger partial charge in [0.1, 0.15) is 24.0 Å². The van der Waals surface area contributed by atoms with Gasteiger partial charge in [-0.1, -0.05) is 11.8 Å². The maximum absolute atomic E-state index is 13.2. The summed E-state index contributed by atoms with van der Waals surface area (Å²) < 4.78 is 32.2. The van der Waals surface area contributed by atoms with Crippen molar-refractivity contribution >= 4 is 27.7 Å². The Bertz CT molecular complexity index is 895. The van der Waals surface area contributed by atoms with Crippen molar-refractivity contribution in [3.63, 3.8) is 0 Å². The molecule has 1 atom stereocenters. The Morgan fingerprint density at radius 3 is 2.55 bits per heavy atom. The molecular weight excluding hydrogens is 416 g/mol. The number of benzene rings is 1. The molecule has 1 fully saturated rings. The third kappa shape index (κ3) is 5.87. The van der Waals surface area contributed by atoms with Crippen LogP contribution in [-0.4, -0.2) is 64.2 Å². The summed E-state index contributed by atoms with van der Waals surface area (Å²) in [5, 5.41) is 18.6. The molecule has 1 aromatic rings. The number of nitrogens with one attached hydrogen (secondary N) is 1. The number of sulfonamides is 1. The van der Waals surface area contributed by atoms with Gasteiger partial charge in [0.05, 0.1) is 4.90 Å². The zero-order chi connectivity index (χ0) is 21.9. The van der Waals surface area contributed by atoms with Crippen molar-refractivity contribution in [1.29, 1.82) is 0 Å². The summed E-state index contributed by atoms with van der Waals surface area (Å²) in [6.45, 7) is 6.86. The Kier molecular flexibility index (Phi) is 7.24. The number of hydrogen-bond acceptors (Lipinski definition) is 7. The minimum atomic E-state index is -3.97. The first-order chi connectivity index (χ1) is 13.4. The largest absolute Gasteiger partial charge is 0.481 e. The van der Waals surface area contributed by atoms with Gasteiger partial charge in [-0.15, -0.1) is 0 Å². The quantitative estimate of drug-likeness (QED) is 0.357. The van der Waals surface area contributed by atoms with Gasteiger partial charge in [-0.3, -0.25) is 10.0 Å². The molecule has 2 rings (SSSR count). The first-order valence-electron chi connectivity index (χ1n) is 8.93. The molecule has 0 radical (unpaired) electrons. The summed E-state index contributed by atoms with van der Waals surface area (Å²) in [5.41, 5.74) is 0.471. The highest BCUT2D eigenvalue weighted by Crippen LogP contribution is 2.38. The van der Waals surface area contributed by atoms with Gasteiger partial charge in [-0.05, 0) is 52.0 Å². The molecule has 0 saturated carbocycles. The van der Waals surface area contributed by atoms with Gasteiger partial charge in [0.15, 0.2) is 0 Å². The van der Waals surface area contributed by atoms with E-state index in [1.165, 1.54) is 36.0 Å². The van der Waals surface area contributed by atoms with E-state index >= 15 is 0 Å². The predicted molar refractivity (Wildman–Crippen MR) is 110 cm³/mol. The van der Waals surface area contributed by atoms with Crippen LogP contribution in [0.25, 0.3) is 0 Å². The Labute approximate surface area is 175 Å². The molecule has 0 spiro atoms. The molecule has 8 nitrogen and oxygen atoms in total. The number of aliphatic hydroxyl groups is 1. The lowest BCUT2D eigenvalue weighted by atomic mass is 10.0. The first kappa shape index (κ1) is 23.5. The van der Waals surface area contributed by atoms with Crippen LogP contribution in [0.1, 0.15) is 27.7 Å². The summed E-state index contributed by atoms with van der Waals surface area (Å²) in [6, 6.07) is 4.75. The molecule has 0 bridgehead atoms. The van der Waals surface area contributed by atoms with E-state index in [2.05, 4.69) is 11.8 Å². The standard InChI is InChI=1S/C19H26N2O6S2/c1-18(2,23)10-5-12-27-14-6-8-15(9-7-14)29(25,26)21-11-13-28-19(3,4)16(21)17(22)20-24/h6-9,16,23-24H,11-13H2,1-4H3,(H,20,22). The Morgan fingerprint density at radius 2 is 2.00 bits per heavy atom. The number of hydrogen-bond donors (Lipinski definition) is 3. The first-order valence-corrected chi connectivity index (χ1v) is 11.4. The summed E-state index contributed by atoms with van der Waals surface area (Å²) in [6.07, 6.45) is 0. The lowest BCUT2D eigenvalue weighted by Gasteiger charge is -2.43. The molecule has 0 aliphatic carbocycles. The smallest absolute Gasteiger partial charge is 0.263 e. The number of amides is 1. The third-order valence-electron chi connectivity index (χ3n) is 4.23. The van der Waals surface area contributed by atoms with Gasteiger partial charge in [0.25, 0.3) is 5.91 Å². The number of nitrogens with zero attached hydrogens (tertiary/aromatic N) is 1. The van der Waals surface area contributed by atoms with E-state index in [-0.39, 0.29) is 18.0 Å². The molecule has 1 heterocycles.